The summed E-state index contributed by atoms with van der Waals surface area (Å²) in [7, 11) is 0. The van der Waals surface area contributed by atoms with E-state index in [4.69, 9.17) is 9.47 Å². The van der Waals surface area contributed by atoms with Crippen molar-refractivity contribution in [3.05, 3.63) is 53.6 Å². The Bertz CT molecular complexity index is 1020. The maximum atomic E-state index is 13.6. The first-order valence-electron chi connectivity index (χ1n) is 12.3. The van der Waals surface area contributed by atoms with Crippen molar-refractivity contribution in [1.29, 1.82) is 0 Å². The summed E-state index contributed by atoms with van der Waals surface area (Å²) < 4.78 is 10.9. The van der Waals surface area contributed by atoms with Crippen molar-refractivity contribution < 1.29 is 19.1 Å². The molecule has 0 atom stereocenters. The second-order valence-electron chi connectivity index (χ2n) is 9.31. The summed E-state index contributed by atoms with van der Waals surface area (Å²) in [6.07, 6.45) is 8.56. The van der Waals surface area contributed by atoms with Gasteiger partial charge in [-0.15, -0.1) is 0 Å². The fourth-order valence-electron chi connectivity index (χ4n) is 4.76. The van der Waals surface area contributed by atoms with E-state index in [0.717, 1.165) is 62.7 Å². The molecular weight excluding hydrogens is 416 g/mol. The molecule has 1 saturated carbocycles. The largest absolute Gasteiger partial charge is 0.454 e. The topological polar surface area (TPSA) is 59.1 Å². The Kier molecular flexibility index (Phi) is 6.51. The van der Waals surface area contributed by atoms with E-state index in [1.807, 2.05) is 34.1 Å². The smallest absolute Gasteiger partial charge is 0.254 e. The summed E-state index contributed by atoms with van der Waals surface area (Å²) in [4.78, 5) is 30.7. The quantitative estimate of drug-likeness (QED) is 0.637. The maximum Gasteiger partial charge on any atom is 0.254 e. The second kappa shape index (κ2) is 9.86. The van der Waals surface area contributed by atoms with Crippen LogP contribution in [0.2, 0.25) is 0 Å². The molecule has 0 spiro atoms. The standard InChI is InChI=1S/C27H32N2O4/c30-26(21-13-14-24-25(17-21)33-19-32-24)28-15-7-3-1-2-4-8-16-29(27(31)20-11-12-20)23-10-6-5-9-22(23)18-28/h5-6,9-10,13-14,17,20H,1-4,7-8,11-12,15-16,18-19H2. The van der Waals surface area contributed by atoms with Gasteiger partial charge in [0.15, 0.2) is 11.5 Å². The Morgan fingerprint density at radius 3 is 2.36 bits per heavy atom. The molecule has 2 amide bonds. The molecule has 0 radical (unpaired) electrons. The van der Waals surface area contributed by atoms with Gasteiger partial charge in [-0.25, -0.2) is 0 Å². The lowest BCUT2D eigenvalue weighted by Gasteiger charge is -2.28. The highest BCUT2D eigenvalue weighted by Crippen LogP contribution is 2.35. The number of hydrogen-bond donors (Lipinski definition) is 0. The number of hydrogen-bond acceptors (Lipinski definition) is 4. The van der Waals surface area contributed by atoms with Gasteiger partial charge in [0.25, 0.3) is 5.91 Å². The van der Waals surface area contributed by atoms with Crippen LogP contribution in [0.3, 0.4) is 0 Å². The van der Waals surface area contributed by atoms with Crippen LogP contribution in [-0.4, -0.2) is 36.6 Å². The summed E-state index contributed by atoms with van der Waals surface area (Å²) in [5.74, 6) is 1.69. The molecule has 2 aliphatic heterocycles. The van der Waals surface area contributed by atoms with Crippen LogP contribution in [0.15, 0.2) is 42.5 Å². The molecule has 6 nitrogen and oxygen atoms in total. The number of fused-ring (bicyclic) bond motifs is 2. The van der Waals surface area contributed by atoms with E-state index in [2.05, 4.69) is 6.07 Å². The third-order valence-electron chi connectivity index (χ3n) is 6.80. The van der Waals surface area contributed by atoms with Gasteiger partial charge in [0.05, 0.1) is 0 Å². The molecule has 5 rings (SSSR count). The molecule has 0 N–H and O–H groups in total. The monoisotopic (exact) mass is 448 g/mol. The molecule has 0 bridgehead atoms. The lowest BCUT2D eigenvalue weighted by atomic mass is 10.1. The van der Waals surface area contributed by atoms with E-state index in [0.29, 0.717) is 30.2 Å². The van der Waals surface area contributed by atoms with Crippen molar-refractivity contribution in [2.75, 3.05) is 24.8 Å². The van der Waals surface area contributed by atoms with E-state index in [1.54, 1.807) is 12.1 Å². The average molecular weight is 449 g/mol. The van der Waals surface area contributed by atoms with E-state index < -0.39 is 0 Å². The van der Waals surface area contributed by atoms with Gasteiger partial charge in [0.1, 0.15) is 0 Å². The summed E-state index contributed by atoms with van der Waals surface area (Å²) in [6.45, 7) is 2.12. The minimum atomic E-state index is -0.0157. The Labute approximate surface area is 195 Å². The normalized spacial score (nSPS) is 19.2. The Balaban J connectivity index is 1.45. The molecular formula is C27H32N2O4. The lowest BCUT2D eigenvalue weighted by molar-refractivity contribution is -0.119. The highest BCUT2D eigenvalue weighted by molar-refractivity contribution is 5.97. The summed E-state index contributed by atoms with van der Waals surface area (Å²) in [5.41, 5.74) is 2.59. The molecule has 33 heavy (non-hydrogen) atoms. The predicted molar refractivity (Wildman–Crippen MR) is 127 cm³/mol. The van der Waals surface area contributed by atoms with Crippen molar-refractivity contribution >= 4 is 17.5 Å². The van der Waals surface area contributed by atoms with E-state index in [1.165, 1.54) is 6.42 Å². The van der Waals surface area contributed by atoms with E-state index in [-0.39, 0.29) is 24.5 Å². The van der Waals surface area contributed by atoms with Crippen LogP contribution in [0.1, 0.15) is 67.3 Å². The number of benzene rings is 2. The third kappa shape index (κ3) is 5.00. The Morgan fingerprint density at radius 1 is 0.818 bits per heavy atom. The van der Waals surface area contributed by atoms with Crippen LogP contribution in [0, 0.1) is 5.92 Å². The summed E-state index contributed by atoms with van der Waals surface area (Å²) in [6, 6.07) is 13.5. The number of para-hydroxylation sites is 1. The molecule has 2 aromatic carbocycles. The second-order valence-corrected chi connectivity index (χ2v) is 9.31. The van der Waals surface area contributed by atoms with Crippen LogP contribution in [0.25, 0.3) is 0 Å². The van der Waals surface area contributed by atoms with E-state index >= 15 is 0 Å². The molecule has 3 aliphatic rings. The van der Waals surface area contributed by atoms with Gasteiger partial charge in [-0.2, -0.15) is 0 Å². The fraction of sp³-hybridized carbons (Fsp3) is 0.481. The number of ether oxygens (including phenoxy) is 2. The van der Waals surface area contributed by atoms with Gasteiger partial charge in [-0.3, -0.25) is 9.59 Å². The van der Waals surface area contributed by atoms with Gasteiger partial charge >= 0.3 is 0 Å². The lowest BCUT2D eigenvalue weighted by Crippen LogP contribution is -2.36. The minimum absolute atomic E-state index is 0.0157. The third-order valence-corrected chi connectivity index (χ3v) is 6.80. The van der Waals surface area contributed by atoms with Gasteiger partial charge in [0, 0.05) is 36.8 Å². The van der Waals surface area contributed by atoms with Crippen molar-refractivity contribution in [3.8, 4) is 11.5 Å². The number of rotatable bonds is 2. The molecule has 2 heterocycles. The molecule has 174 valence electrons. The number of amides is 2. The van der Waals surface area contributed by atoms with Crippen LogP contribution < -0.4 is 14.4 Å². The fourth-order valence-corrected chi connectivity index (χ4v) is 4.76. The maximum absolute atomic E-state index is 13.6. The first-order valence-corrected chi connectivity index (χ1v) is 12.3. The van der Waals surface area contributed by atoms with Crippen molar-refractivity contribution in [2.45, 2.75) is 57.9 Å². The van der Waals surface area contributed by atoms with Gasteiger partial charge < -0.3 is 19.3 Å². The van der Waals surface area contributed by atoms with Gasteiger partial charge in [0.2, 0.25) is 12.7 Å². The molecule has 0 unspecified atom stereocenters. The first kappa shape index (κ1) is 21.8. The zero-order valence-corrected chi connectivity index (χ0v) is 19.1. The van der Waals surface area contributed by atoms with Gasteiger partial charge in [-0.1, -0.05) is 43.9 Å². The van der Waals surface area contributed by atoms with Crippen LogP contribution in [-0.2, 0) is 11.3 Å². The zero-order valence-electron chi connectivity index (χ0n) is 19.1. The molecule has 2 aromatic rings. The number of anilines is 1. The SMILES string of the molecule is O=C(c1ccc2c(c1)OCO2)N1CCCCCCCCN(C(=O)C2CC2)c2ccccc2C1. The first-order chi connectivity index (χ1) is 16.2. The number of nitrogens with zero attached hydrogens (tertiary/aromatic N) is 2. The molecule has 0 saturated heterocycles. The molecule has 6 heteroatoms. The highest BCUT2D eigenvalue weighted by atomic mass is 16.7. The minimum Gasteiger partial charge on any atom is -0.454 e. The zero-order chi connectivity index (χ0) is 22.6. The van der Waals surface area contributed by atoms with Crippen molar-refractivity contribution in [1.82, 2.24) is 4.90 Å². The van der Waals surface area contributed by atoms with Gasteiger partial charge in [-0.05, 0) is 55.5 Å². The van der Waals surface area contributed by atoms with E-state index in [9.17, 15) is 9.59 Å². The highest BCUT2D eigenvalue weighted by Gasteiger charge is 2.34. The average Bonchev–Trinajstić information content (AvgIpc) is 3.58. The number of carbonyl (C=O) groups is 2. The predicted octanol–water partition coefficient (Wildman–Crippen LogP) is 5.15. The van der Waals surface area contributed by atoms with Crippen molar-refractivity contribution in [2.24, 2.45) is 5.92 Å². The molecule has 1 fully saturated rings. The van der Waals surface area contributed by atoms with Crippen LogP contribution in [0.5, 0.6) is 11.5 Å². The van der Waals surface area contributed by atoms with Crippen molar-refractivity contribution in [3.63, 3.8) is 0 Å². The number of carbonyl (C=O) groups excluding carboxylic acids is 2. The summed E-state index contributed by atoms with van der Waals surface area (Å²) >= 11 is 0. The molecule has 1 aliphatic carbocycles. The Morgan fingerprint density at radius 2 is 1.55 bits per heavy atom. The molecule has 0 aromatic heterocycles. The van der Waals surface area contributed by atoms with Crippen LogP contribution in [0.4, 0.5) is 5.69 Å². The van der Waals surface area contributed by atoms with Crippen LogP contribution >= 0.6 is 0 Å². The Hall–Kier alpha value is -3.02. The summed E-state index contributed by atoms with van der Waals surface area (Å²) in [5, 5.41) is 0.